The Morgan fingerprint density at radius 1 is 1.07 bits per heavy atom. The Morgan fingerprint density at radius 2 is 1.85 bits per heavy atom. The lowest BCUT2D eigenvalue weighted by molar-refractivity contribution is 0.102. The predicted octanol–water partition coefficient (Wildman–Crippen LogP) is 4.46. The van der Waals surface area contributed by atoms with Gasteiger partial charge < -0.3 is 10.2 Å². The normalized spacial score (nSPS) is 13.1. The van der Waals surface area contributed by atoms with Crippen molar-refractivity contribution in [3.63, 3.8) is 0 Å². The molecule has 3 aromatic rings. The van der Waals surface area contributed by atoms with Crippen LogP contribution in [0.5, 0.6) is 0 Å². The van der Waals surface area contributed by atoms with Crippen LogP contribution in [0.25, 0.3) is 0 Å². The van der Waals surface area contributed by atoms with Crippen LogP contribution < -0.4 is 10.2 Å². The minimum Gasteiger partial charge on any atom is -0.367 e. The SMILES string of the molecule is CCc1ccccc1NC(=O)c1cc(N2CCc3ccccc3C2)ccn1. The second kappa shape index (κ2) is 7.62. The Morgan fingerprint density at radius 3 is 2.70 bits per heavy atom. The third-order valence-corrected chi connectivity index (χ3v) is 5.12. The van der Waals surface area contributed by atoms with Crippen LogP contribution in [0.15, 0.2) is 66.9 Å². The maximum atomic E-state index is 12.7. The number of carbonyl (C=O) groups is 1. The topological polar surface area (TPSA) is 45.2 Å². The van der Waals surface area contributed by atoms with Gasteiger partial charge in [-0.05, 0) is 47.7 Å². The number of amides is 1. The van der Waals surface area contributed by atoms with Gasteiger partial charge in [0.1, 0.15) is 5.69 Å². The molecule has 0 saturated heterocycles. The van der Waals surface area contributed by atoms with E-state index in [1.807, 2.05) is 36.4 Å². The minimum absolute atomic E-state index is 0.171. The van der Waals surface area contributed by atoms with Gasteiger partial charge >= 0.3 is 0 Å². The van der Waals surface area contributed by atoms with E-state index in [4.69, 9.17) is 0 Å². The van der Waals surface area contributed by atoms with Crippen LogP contribution in [-0.4, -0.2) is 17.4 Å². The van der Waals surface area contributed by atoms with Gasteiger partial charge in [0.25, 0.3) is 5.91 Å². The maximum Gasteiger partial charge on any atom is 0.274 e. The molecule has 0 radical (unpaired) electrons. The van der Waals surface area contributed by atoms with E-state index in [0.717, 1.165) is 42.9 Å². The van der Waals surface area contributed by atoms with Crippen molar-refractivity contribution in [3.8, 4) is 0 Å². The Bertz CT molecular complexity index is 967. The lowest BCUT2D eigenvalue weighted by atomic mass is 9.99. The fourth-order valence-electron chi connectivity index (χ4n) is 3.59. The molecule has 136 valence electrons. The number of fused-ring (bicyclic) bond motifs is 1. The lowest BCUT2D eigenvalue weighted by Gasteiger charge is -2.30. The largest absolute Gasteiger partial charge is 0.367 e. The quantitative estimate of drug-likeness (QED) is 0.750. The lowest BCUT2D eigenvalue weighted by Crippen LogP contribution is -2.30. The minimum atomic E-state index is -0.171. The zero-order valence-corrected chi connectivity index (χ0v) is 15.5. The standard InChI is InChI=1S/C23H23N3O/c1-2-17-7-5-6-10-21(17)25-23(27)22-15-20(11-13-24-22)26-14-12-18-8-3-4-9-19(18)16-26/h3-11,13,15H,2,12,14,16H2,1H3,(H,25,27). The van der Waals surface area contributed by atoms with Crippen LogP contribution in [-0.2, 0) is 19.4 Å². The van der Waals surface area contributed by atoms with Gasteiger partial charge in [-0.2, -0.15) is 0 Å². The molecule has 1 aromatic heterocycles. The van der Waals surface area contributed by atoms with Gasteiger partial charge in [-0.1, -0.05) is 49.4 Å². The number of nitrogens with zero attached hydrogens (tertiary/aromatic N) is 2. The van der Waals surface area contributed by atoms with Crippen molar-refractivity contribution in [3.05, 3.63) is 89.2 Å². The summed E-state index contributed by atoms with van der Waals surface area (Å²) in [5.41, 5.74) is 6.21. The van der Waals surface area contributed by atoms with Crippen molar-refractivity contribution in [1.29, 1.82) is 0 Å². The Hall–Kier alpha value is -3.14. The summed E-state index contributed by atoms with van der Waals surface area (Å²) in [6.07, 6.45) is 3.61. The molecule has 0 saturated carbocycles. The van der Waals surface area contributed by atoms with Crippen molar-refractivity contribution < 1.29 is 4.79 Å². The number of aromatic nitrogens is 1. The van der Waals surface area contributed by atoms with Crippen LogP contribution in [0, 0.1) is 0 Å². The number of hydrogen-bond acceptors (Lipinski definition) is 3. The average molecular weight is 357 g/mol. The van der Waals surface area contributed by atoms with E-state index in [2.05, 4.69) is 46.4 Å². The zero-order chi connectivity index (χ0) is 18.6. The second-order valence-electron chi connectivity index (χ2n) is 6.80. The summed E-state index contributed by atoms with van der Waals surface area (Å²) in [5.74, 6) is -0.171. The summed E-state index contributed by atoms with van der Waals surface area (Å²) in [5, 5.41) is 3.00. The first-order chi connectivity index (χ1) is 13.2. The Labute approximate surface area is 159 Å². The van der Waals surface area contributed by atoms with Crippen molar-refractivity contribution in [1.82, 2.24) is 4.98 Å². The number of carbonyl (C=O) groups excluding carboxylic acids is 1. The third-order valence-electron chi connectivity index (χ3n) is 5.12. The molecule has 0 fully saturated rings. The molecule has 1 aliphatic rings. The number of rotatable bonds is 4. The zero-order valence-electron chi connectivity index (χ0n) is 15.5. The highest BCUT2D eigenvalue weighted by atomic mass is 16.1. The molecule has 1 aliphatic heterocycles. The monoisotopic (exact) mass is 357 g/mol. The molecule has 1 N–H and O–H groups in total. The van der Waals surface area contributed by atoms with E-state index in [1.165, 1.54) is 11.1 Å². The van der Waals surface area contributed by atoms with E-state index < -0.39 is 0 Å². The van der Waals surface area contributed by atoms with Gasteiger partial charge in [-0.3, -0.25) is 9.78 Å². The molecule has 27 heavy (non-hydrogen) atoms. The summed E-state index contributed by atoms with van der Waals surface area (Å²) in [7, 11) is 0. The highest BCUT2D eigenvalue weighted by Crippen LogP contribution is 2.25. The number of benzene rings is 2. The van der Waals surface area contributed by atoms with Gasteiger partial charge in [0.15, 0.2) is 0 Å². The molecular formula is C23H23N3O. The number of nitrogens with one attached hydrogen (secondary N) is 1. The summed E-state index contributed by atoms with van der Waals surface area (Å²) in [6, 6.07) is 20.3. The maximum absolute atomic E-state index is 12.7. The number of aryl methyl sites for hydroxylation is 1. The predicted molar refractivity (Wildman–Crippen MR) is 109 cm³/mol. The number of hydrogen-bond donors (Lipinski definition) is 1. The van der Waals surface area contributed by atoms with E-state index in [0.29, 0.717) is 5.69 Å². The Kier molecular flexibility index (Phi) is 4.88. The number of para-hydroxylation sites is 1. The first kappa shape index (κ1) is 17.3. The van der Waals surface area contributed by atoms with E-state index >= 15 is 0 Å². The summed E-state index contributed by atoms with van der Waals surface area (Å²) >= 11 is 0. The van der Waals surface area contributed by atoms with Crippen LogP contribution in [0.4, 0.5) is 11.4 Å². The molecule has 4 heteroatoms. The van der Waals surface area contributed by atoms with Gasteiger partial charge in [-0.25, -0.2) is 0 Å². The first-order valence-corrected chi connectivity index (χ1v) is 9.41. The summed E-state index contributed by atoms with van der Waals surface area (Å²) in [6.45, 7) is 3.89. The van der Waals surface area contributed by atoms with Gasteiger partial charge in [0, 0.05) is 30.7 Å². The van der Waals surface area contributed by atoms with Gasteiger partial charge in [-0.15, -0.1) is 0 Å². The molecule has 0 bridgehead atoms. The molecule has 2 aromatic carbocycles. The molecular weight excluding hydrogens is 334 g/mol. The molecule has 4 rings (SSSR count). The summed E-state index contributed by atoms with van der Waals surface area (Å²) < 4.78 is 0. The van der Waals surface area contributed by atoms with Gasteiger partial charge in [0.2, 0.25) is 0 Å². The molecule has 0 unspecified atom stereocenters. The molecule has 0 atom stereocenters. The highest BCUT2D eigenvalue weighted by Gasteiger charge is 2.18. The van der Waals surface area contributed by atoms with Crippen molar-refractivity contribution in [2.75, 3.05) is 16.8 Å². The van der Waals surface area contributed by atoms with Crippen LogP contribution in [0.1, 0.15) is 34.1 Å². The first-order valence-electron chi connectivity index (χ1n) is 9.41. The highest BCUT2D eigenvalue weighted by molar-refractivity contribution is 6.03. The van der Waals surface area contributed by atoms with Crippen molar-refractivity contribution >= 4 is 17.3 Å². The number of pyridine rings is 1. The van der Waals surface area contributed by atoms with E-state index in [9.17, 15) is 4.79 Å². The smallest absolute Gasteiger partial charge is 0.274 e. The van der Waals surface area contributed by atoms with Crippen LogP contribution >= 0.6 is 0 Å². The third kappa shape index (κ3) is 3.70. The molecule has 0 spiro atoms. The van der Waals surface area contributed by atoms with Crippen molar-refractivity contribution in [2.24, 2.45) is 0 Å². The molecule has 4 nitrogen and oxygen atoms in total. The molecule has 2 heterocycles. The fourth-order valence-corrected chi connectivity index (χ4v) is 3.59. The van der Waals surface area contributed by atoms with Gasteiger partial charge in [0.05, 0.1) is 0 Å². The summed E-state index contributed by atoms with van der Waals surface area (Å²) in [4.78, 5) is 19.3. The average Bonchev–Trinajstić information content (AvgIpc) is 2.74. The molecule has 1 amide bonds. The van der Waals surface area contributed by atoms with Crippen molar-refractivity contribution in [2.45, 2.75) is 26.3 Å². The molecule has 0 aliphatic carbocycles. The number of anilines is 2. The fraction of sp³-hybridized carbons (Fsp3) is 0.217. The van der Waals surface area contributed by atoms with E-state index in [1.54, 1.807) is 6.20 Å². The second-order valence-corrected chi connectivity index (χ2v) is 6.80. The Balaban J connectivity index is 1.53. The van der Waals surface area contributed by atoms with Crippen LogP contribution in [0.2, 0.25) is 0 Å². The van der Waals surface area contributed by atoms with Crippen LogP contribution in [0.3, 0.4) is 0 Å². The van der Waals surface area contributed by atoms with E-state index in [-0.39, 0.29) is 5.91 Å².